The fourth-order valence-corrected chi connectivity index (χ4v) is 2.67. The maximum atomic E-state index is 12.7. The van der Waals surface area contributed by atoms with Crippen LogP contribution in [0.5, 0.6) is 0 Å². The van der Waals surface area contributed by atoms with E-state index >= 15 is 0 Å². The third-order valence-corrected chi connectivity index (χ3v) is 3.98. The number of hydrogen-bond acceptors (Lipinski definition) is 5. The van der Waals surface area contributed by atoms with Crippen LogP contribution in [0.1, 0.15) is 37.0 Å². The first-order valence-electron chi connectivity index (χ1n) is 7.00. The highest BCUT2D eigenvalue weighted by Crippen LogP contribution is 2.27. The van der Waals surface area contributed by atoms with Gasteiger partial charge in [-0.25, -0.2) is 0 Å². The van der Waals surface area contributed by atoms with Crippen molar-refractivity contribution in [2.24, 2.45) is 11.8 Å². The summed E-state index contributed by atoms with van der Waals surface area (Å²) in [6, 6.07) is 4.19. The largest absolute Gasteiger partial charge is 0.336 e. The van der Waals surface area contributed by atoms with E-state index in [4.69, 9.17) is 5.84 Å². The molecule has 2 rings (SSSR count). The number of piperidine rings is 1. The molecular weight excluding hydrogens is 272 g/mol. The van der Waals surface area contributed by atoms with Gasteiger partial charge in [0.2, 0.25) is 0 Å². The number of non-ortho nitro benzene ring substituents is 1. The minimum Gasteiger partial charge on any atom is -0.336 e. The van der Waals surface area contributed by atoms with Crippen LogP contribution >= 0.6 is 0 Å². The number of likely N-dealkylation sites (tertiary alicyclic amines) is 1. The number of anilines is 1. The lowest BCUT2D eigenvalue weighted by Crippen LogP contribution is -2.45. The van der Waals surface area contributed by atoms with Crippen molar-refractivity contribution in [3.8, 4) is 0 Å². The number of hydrazine groups is 1. The highest BCUT2D eigenvalue weighted by molar-refractivity contribution is 6.00. The van der Waals surface area contributed by atoms with Crippen LogP contribution < -0.4 is 11.3 Å². The van der Waals surface area contributed by atoms with Crippen molar-refractivity contribution in [2.75, 3.05) is 12.0 Å². The van der Waals surface area contributed by atoms with E-state index in [1.54, 1.807) is 4.90 Å². The quantitative estimate of drug-likeness (QED) is 0.505. The second-order valence-electron chi connectivity index (χ2n) is 5.62. The molecule has 0 aliphatic carbocycles. The highest BCUT2D eigenvalue weighted by Gasteiger charge is 2.29. The van der Waals surface area contributed by atoms with Crippen LogP contribution in [0.15, 0.2) is 18.2 Å². The summed E-state index contributed by atoms with van der Waals surface area (Å²) < 4.78 is 0. The topological polar surface area (TPSA) is 102 Å². The van der Waals surface area contributed by atoms with E-state index in [9.17, 15) is 14.9 Å². The van der Waals surface area contributed by atoms with Gasteiger partial charge in [0.25, 0.3) is 11.6 Å². The molecule has 1 aliphatic heterocycles. The SMILES string of the molecule is CC1CCC(C)N(C(=O)c2cc([N+](=O)[O-])ccc2NN)C1. The molecule has 3 N–H and O–H groups in total. The summed E-state index contributed by atoms with van der Waals surface area (Å²) in [7, 11) is 0. The Morgan fingerprint density at radius 1 is 1.43 bits per heavy atom. The van der Waals surface area contributed by atoms with Gasteiger partial charge < -0.3 is 10.3 Å². The number of nitrogen functional groups attached to an aromatic ring is 1. The number of nitrogens with zero attached hydrogens (tertiary/aromatic N) is 2. The zero-order chi connectivity index (χ0) is 15.6. The third kappa shape index (κ3) is 3.13. The van der Waals surface area contributed by atoms with Gasteiger partial charge >= 0.3 is 0 Å². The van der Waals surface area contributed by atoms with Crippen molar-refractivity contribution in [1.82, 2.24) is 4.90 Å². The molecule has 0 spiro atoms. The van der Waals surface area contributed by atoms with Crippen molar-refractivity contribution >= 4 is 17.3 Å². The maximum Gasteiger partial charge on any atom is 0.270 e. The van der Waals surface area contributed by atoms with Gasteiger partial charge in [-0.1, -0.05) is 6.92 Å². The van der Waals surface area contributed by atoms with E-state index in [0.717, 1.165) is 12.8 Å². The number of benzene rings is 1. The van der Waals surface area contributed by atoms with Gasteiger partial charge in [-0.05, 0) is 31.7 Å². The average Bonchev–Trinajstić information content (AvgIpc) is 2.48. The van der Waals surface area contributed by atoms with Crippen molar-refractivity contribution in [3.05, 3.63) is 33.9 Å². The predicted molar refractivity (Wildman–Crippen MR) is 79.8 cm³/mol. The monoisotopic (exact) mass is 292 g/mol. The van der Waals surface area contributed by atoms with Crippen LogP contribution in [0.4, 0.5) is 11.4 Å². The summed E-state index contributed by atoms with van der Waals surface area (Å²) in [6.45, 7) is 4.76. The molecule has 0 aromatic heterocycles. The molecule has 1 aromatic carbocycles. The van der Waals surface area contributed by atoms with Crippen molar-refractivity contribution in [1.29, 1.82) is 0 Å². The molecule has 2 unspecified atom stereocenters. The van der Waals surface area contributed by atoms with Gasteiger partial charge in [-0.2, -0.15) is 0 Å². The Morgan fingerprint density at radius 3 is 2.76 bits per heavy atom. The molecular formula is C14H20N4O3. The van der Waals surface area contributed by atoms with E-state index in [2.05, 4.69) is 12.3 Å². The molecule has 1 heterocycles. The van der Waals surface area contributed by atoms with Gasteiger partial charge in [-0.15, -0.1) is 0 Å². The second kappa shape index (κ2) is 6.09. The number of amides is 1. The van der Waals surface area contributed by atoms with Crippen LogP contribution in [0, 0.1) is 16.0 Å². The fraction of sp³-hybridized carbons (Fsp3) is 0.500. The molecule has 0 bridgehead atoms. The molecule has 0 radical (unpaired) electrons. The lowest BCUT2D eigenvalue weighted by atomic mass is 9.94. The van der Waals surface area contributed by atoms with E-state index in [0.29, 0.717) is 18.2 Å². The van der Waals surface area contributed by atoms with Gasteiger partial charge in [0.1, 0.15) is 0 Å². The van der Waals surface area contributed by atoms with E-state index < -0.39 is 4.92 Å². The molecule has 7 heteroatoms. The van der Waals surface area contributed by atoms with Crippen LogP contribution in [-0.2, 0) is 0 Å². The normalized spacial score (nSPS) is 22.0. The molecule has 7 nitrogen and oxygen atoms in total. The maximum absolute atomic E-state index is 12.7. The number of rotatable bonds is 3. The zero-order valence-electron chi connectivity index (χ0n) is 12.2. The van der Waals surface area contributed by atoms with Gasteiger partial charge in [0, 0.05) is 24.7 Å². The molecule has 1 aliphatic rings. The van der Waals surface area contributed by atoms with E-state index in [1.807, 2.05) is 6.92 Å². The first-order valence-corrected chi connectivity index (χ1v) is 7.00. The van der Waals surface area contributed by atoms with Crippen molar-refractivity contribution in [2.45, 2.75) is 32.7 Å². The number of nitro groups is 1. The molecule has 2 atom stereocenters. The van der Waals surface area contributed by atoms with Crippen molar-refractivity contribution < 1.29 is 9.72 Å². The van der Waals surface area contributed by atoms with Crippen LogP contribution in [0.3, 0.4) is 0 Å². The second-order valence-corrected chi connectivity index (χ2v) is 5.62. The molecule has 1 fully saturated rings. The summed E-state index contributed by atoms with van der Waals surface area (Å²) in [5.74, 6) is 5.63. The lowest BCUT2D eigenvalue weighted by Gasteiger charge is -2.37. The molecule has 1 saturated heterocycles. The van der Waals surface area contributed by atoms with Crippen molar-refractivity contribution in [3.63, 3.8) is 0 Å². The predicted octanol–water partition coefficient (Wildman–Crippen LogP) is 2.14. The summed E-state index contributed by atoms with van der Waals surface area (Å²) in [4.78, 5) is 24.9. The zero-order valence-corrected chi connectivity index (χ0v) is 12.2. The summed E-state index contributed by atoms with van der Waals surface area (Å²) in [6.07, 6.45) is 2.02. The molecule has 114 valence electrons. The standard InChI is InChI=1S/C14H20N4O3/c1-9-3-4-10(2)17(8-9)14(19)12-7-11(18(20)21)5-6-13(12)16-15/h5-7,9-10,16H,3-4,8,15H2,1-2H3. The van der Waals surface area contributed by atoms with Gasteiger partial charge in [0.15, 0.2) is 0 Å². The summed E-state index contributed by atoms with van der Waals surface area (Å²) >= 11 is 0. The Kier molecular flexibility index (Phi) is 4.42. The van der Waals surface area contributed by atoms with E-state index in [-0.39, 0.29) is 23.2 Å². The number of hydrogen-bond donors (Lipinski definition) is 2. The number of nitro benzene ring substituents is 1. The van der Waals surface area contributed by atoms with Crippen LogP contribution in [-0.4, -0.2) is 28.3 Å². The fourth-order valence-electron chi connectivity index (χ4n) is 2.67. The smallest absolute Gasteiger partial charge is 0.270 e. The van der Waals surface area contributed by atoms with E-state index in [1.165, 1.54) is 18.2 Å². The minimum atomic E-state index is -0.515. The molecule has 1 amide bonds. The van der Waals surface area contributed by atoms with Gasteiger partial charge in [0.05, 0.1) is 16.2 Å². The Balaban J connectivity index is 2.36. The first kappa shape index (κ1) is 15.2. The number of carbonyl (C=O) groups excluding carboxylic acids is 1. The Bertz CT molecular complexity index is 561. The number of nitrogens with two attached hydrogens (primary N) is 1. The van der Waals surface area contributed by atoms with Gasteiger partial charge in [-0.3, -0.25) is 20.8 Å². The van der Waals surface area contributed by atoms with Crippen LogP contribution in [0.25, 0.3) is 0 Å². The van der Waals surface area contributed by atoms with Crippen LogP contribution in [0.2, 0.25) is 0 Å². The Hall–Kier alpha value is -2.15. The first-order chi connectivity index (χ1) is 9.93. The molecule has 1 aromatic rings. The highest BCUT2D eigenvalue weighted by atomic mass is 16.6. The Labute approximate surface area is 123 Å². The average molecular weight is 292 g/mol. The lowest BCUT2D eigenvalue weighted by molar-refractivity contribution is -0.384. The molecule has 21 heavy (non-hydrogen) atoms. The summed E-state index contributed by atoms with van der Waals surface area (Å²) in [5.41, 5.74) is 2.96. The summed E-state index contributed by atoms with van der Waals surface area (Å²) in [5, 5.41) is 10.9. The molecule has 0 saturated carbocycles. The minimum absolute atomic E-state index is 0.116. The number of carbonyl (C=O) groups is 1. The number of nitrogens with one attached hydrogen (secondary N) is 1. The Morgan fingerprint density at radius 2 is 2.14 bits per heavy atom. The third-order valence-electron chi connectivity index (χ3n) is 3.98.